The lowest BCUT2D eigenvalue weighted by molar-refractivity contribution is 0.302. The summed E-state index contributed by atoms with van der Waals surface area (Å²) < 4.78 is 5.75. The molecule has 0 radical (unpaired) electrons. The van der Waals surface area contributed by atoms with Gasteiger partial charge in [0.2, 0.25) is 0 Å². The predicted octanol–water partition coefficient (Wildman–Crippen LogP) is 3.56. The van der Waals surface area contributed by atoms with Crippen molar-refractivity contribution in [3.05, 3.63) is 45.9 Å². The summed E-state index contributed by atoms with van der Waals surface area (Å²) in [6, 6.07) is 8.42. The monoisotopic (exact) mass is 290 g/mol. The lowest BCUT2D eigenvalue weighted by Gasteiger charge is -2.09. The number of hydrogen-bond donors (Lipinski definition) is 1. The van der Waals surface area contributed by atoms with Crippen molar-refractivity contribution in [2.75, 3.05) is 0 Å². The van der Waals surface area contributed by atoms with Gasteiger partial charge >= 0.3 is 0 Å². The Bertz CT molecular complexity index is 522. The standard InChI is InChI=1S/C16H22N2OS/c1-3-13(17)9-12-5-7-15(8-6-12)19-10-14-11-20-16(4-2)18-14/h5-8,11,13H,3-4,9-10,17H2,1-2H3. The minimum Gasteiger partial charge on any atom is -0.487 e. The summed E-state index contributed by atoms with van der Waals surface area (Å²) in [7, 11) is 0. The molecule has 3 nitrogen and oxygen atoms in total. The van der Waals surface area contributed by atoms with E-state index in [9.17, 15) is 0 Å². The third-order valence-corrected chi connectivity index (χ3v) is 4.28. The van der Waals surface area contributed by atoms with E-state index in [1.807, 2.05) is 12.1 Å². The number of benzene rings is 1. The fraction of sp³-hybridized carbons (Fsp3) is 0.438. The first-order chi connectivity index (χ1) is 9.71. The normalized spacial score (nSPS) is 12.3. The second-order valence-corrected chi connectivity index (χ2v) is 5.83. The number of hydrogen-bond acceptors (Lipinski definition) is 4. The van der Waals surface area contributed by atoms with Gasteiger partial charge in [0.1, 0.15) is 12.4 Å². The van der Waals surface area contributed by atoms with Crippen LogP contribution in [0.2, 0.25) is 0 Å². The first-order valence-corrected chi connectivity index (χ1v) is 7.99. The van der Waals surface area contributed by atoms with Crippen LogP contribution in [0.3, 0.4) is 0 Å². The van der Waals surface area contributed by atoms with E-state index in [1.54, 1.807) is 11.3 Å². The van der Waals surface area contributed by atoms with Crippen molar-refractivity contribution in [1.29, 1.82) is 0 Å². The third-order valence-electron chi connectivity index (χ3n) is 3.23. The average Bonchev–Trinajstić information content (AvgIpc) is 2.94. The number of aryl methyl sites for hydroxylation is 1. The molecule has 1 aromatic heterocycles. The molecular weight excluding hydrogens is 268 g/mol. The molecule has 1 unspecified atom stereocenters. The molecule has 0 amide bonds. The molecule has 0 aliphatic carbocycles. The summed E-state index contributed by atoms with van der Waals surface area (Å²) in [4.78, 5) is 4.49. The highest BCUT2D eigenvalue weighted by atomic mass is 32.1. The van der Waals surface area contributed by atoms with Gasteiger partial charge in [-0.15, -0.1) is 11.3 Å². The van der Waals surface area contributed by atoms with Crippen molar-refractivity contribution >= 4 is 11.3 Å². The van der Waals surface area contributed by atoms with E-state index >= 15 is 0 Å². The second kappa shape index (κ2) is 7.41. The largest absolute Gasteiger partial charge is 0.487 e. The number of rotatable bonds is 7. The van der Waals surface area contributed by atoms with E-state index in [-0.39, 0.29) is 6.04 Å². The van der Waals surface area contributed by atoms with Crippen molar-refractivity contribution in [2.45, 2.75) is 45.8 Å². The summed E-state index contributed by atoms with van der Waals surface area (Å²) in [5, 5.41) is 3.22. The molecular formula is C16H22N2OS. The Morgan fingerprint density at radius 1 is 1.25 bits per heavy atom. The maximum atomic E-state index is 5.95. The highest BCUT2D eigenvalue weighted by Crippen LogP contribution is 2.16. The first-order valence-electron chi connectivity index (χ1n) is 7.11. The molecule has 0 saturated heterocycles. The highest BCUT2D eigenvalue weighted by molar-refractivity contribution is 7.09. The van der Waals surface area contributed by atoms with E-state index in [1.165, 1.54) is 5.56 Å². The van der Waals surface area contributed by atoms with Crippen molar-refractivity contribution in [3.8, 4) is 5.75 Å². The van der Waals surface area contributed by atoms with E-state index in [0.717, 1.165) is 35.7 Å². The molecule has 0 bridgehead atoms. The molecule has 108 valence electrons. The van der Waals surface area contributed by atoms with Gasteiger partial charge in [-0.25, -0.2) is 4.98 Å². The number of thiazole rings is 1. The van der Waals surface area contributed by atoms with Gasteiger partial charge < -0.3 is 10.5 Å². The van der Waals surface area contributed by atoms with E-state index in [4.69, 9.17) is 10.5 Å². The van der Waals surface area contributed by atoms with Gasteiger partial charge in [-0.1, -0.05) is 26.0 Å². The Morgan fingerprint density at radius 3 is 2.60 bits per heavy atom. The maximum absolute atomic E-state index is 5.95. The van der Waals surface area contributed by atoms with Crippen molar-refractivity contribution < 1.29 is 4.74 Å². The number of nitrogens with zero attached hydrogens (tertiary/aromatic N) is 1. The number of nitrogens with two attached hydrogens (primary N) is 1. The topological polar surface area (TPSA) is 48.1 Å². The molecule has 0 aliphatic rings. The van der Waals surface area contributed by atoms with Crippen molar-refractivity contribution in [3.63, 3.8) is 0 Å². The van der Waals surface area contributed by atoms with Crippen LogP contribution in [-0.2, 0) is 19.4 Å². The minimum atomic E-state index is 0.240. The Morgan fingerprint density at radius 2 is 2.00 bits per heavy atom. The van der Waals surface area contributed by atoms with Crippen LogP contribution in [0.25, 0.3) is 0 Å². The third kappa shape index (κ3) is 4.32. The molecule has 20 heavy (non-hydrogen) atoms. The maximum Gasteiger partial charge on any atom is 0.131 e. The number of aromatic nitrogens is 1. The van der Waals surface area contributed by atoms with Crippen LogP contribution in [0, 0.1) is 0 Å². The van der Waals surface area contributed by atoms with Gasteiger partial charge in [0, 0.05) is 11.4 Å². The zero-order valence-electron chi connectivity index (χ0n) is 12.1. The van der Waals surface area contributed by atoms with Crippen LogP contribution in [0.5, 0.6) is 5.75 Å². The summed E-state index contributed by atoms with van der Waals surface area (Å²) in [6.45, 7) is 4.76. The molecule has 0 aliphatic heterocycles. The highest BCUT2D eigenvalue weighted by Gasteiger charge is 2.03. The second-order valence-electron chi connectivity index (χ2n) is 4.89. The fourth-order valence-electron chi connectivity index (χ4n) is 1.90. The first kappa shape index (κ1) is 15.0. The van der Waals surface area contributed by atoms with Gasteiger partial charge in [0.05, 0.1) is 10.7 Å². The molecule has 1 atom stereocenters. The Kier molecular flexibility index (Phi) is 5.56. The summed E-state index contributed by atoms with van der Waals surface area (Å²) >= 11 is 1.69. The molecule has 1 aromatic carbocycles. The smallest absolute Gasteiger partial charge is 0.131 e. The van der Waals surface area contributed by atoms with Gasteiger partial charge in [0.15, 0.2) is 0 Å². The molecule has 0 spiro atoms. The summed E-state index contributed by atoms with van der Waals surface area (Å²) in [5.41, 5.74) is 8.22. The van der Waals surface area contributed by atoms with Crippen molar-refractivity contribution in [1.82, 2.24) is 4.98 Å². The number of ether oxygens (including phenoxy) is 1. The summed E-state index contributed by atoms with van der Waals surface area (Å²) in [6.07, 6.45) is 2.90. The Labute approximate surface area is 124 Å². The van der Waals surface area contributed by atoms with Crippen LogP contribution in [0.4, 0.5) is 0 Å². The van der Waals surface area contributed by atoms with E-state index in [2.05, 4.69) is 36.3 Å². The quantitative estimate of drug-likeness (QED) is 0.848. The van der Waals surface area contributed by atoms with Gasteiger partial charge in [-0.05, 0) is 37.0 Å². The average molecular weight is 290 g/mol. The Balaban J connectivity index is 1.87. The molecule has 4 heteroatoms. The van der Waals surface area contributed by atoms with Crippen molar-refractivity contribution in [2.24, 2.45) is 5.73 Å². The van der Waals surface area contributed by atoms with Gasteiger partial charge in [-0.3, -0.25) is 0 Å². The zero-order valence-corrected chi connectivity index (χ0v) is 13.0. The minimum absolute atomic E-state index is 0.240. The van der Waals surface area contributed by atoms with Crippen LogP contribution < -0.4 is 10.5 Å². The van der Waals surface area contributed by atoms with Crippen LogP contribution in [-0.4, -0.2) is 11.0 Å². The van der Waals surface area contributed by atoms with Gasteiger partial charge in [-0.2, -0.15) is 0 Å². The SMILES string of the molecule is CCc1nc(COc2ccc(CC(N)CC)cc2)cs1. The molecule has 2 N–H and O–H groups in total. The van der Waals surface area contributed by atoms with Gasteiger partial charge in [0.25, 0.3) is 0 Å². The Hall–Kier alpha value is -1.39. The lowest BCUT2D eigenvalue weighted by atomic mass is 10.0. The van der Waals surface area contributed by atoms with Crippen LogP contribution in [0.1, 0.15) is 36.5 Å². The fourth-order valence-corrected chi connectivity index (χ4v) is 2.63. The molecule has 2 rings (SSSR count). The van der Waals surface area contributed by atoms with Crippen LogP contribution in [0.15, 0.2) is 29.6 Å². The molecule has 0 saturated carbocycles. The van der Waals surface area contributed by atoms with E-state index < -0.39 is 0 Å². The zero-order chi connectivity index (χ0) is 14.4. The molecule has 1 heterocycles. The van der Waals surface area contributed by atoms with Crippen LogP contribution >= 0.6 is 11.3 Å². The molecule has 0 fully saturated rings. The predicted molar refractivity (Wildman–Crippen MR) is 84.2 cm³/mol. The lowest BCUT2D eigenvalue weighted by Crippen LogP contribution is -2.21. The molecule has 2 aromatic rings. The summed E-state index contributed by atoms with van der Waals surface area (Å²) in [5.74, 6) is 0.880. The van der Waals surface area contributed by atoms with E-state index in [0.29, 0.717) is 6.61 Å².